The lowest BCUT2D eigenvalue weighted by Crippen LogP contribution is -2.40. The van der Waals surface area contributed by atoms with Gasteiger partial charge in [0.25, 0.3) is 0 Å². The molecule has 0 unspecified atom stereocenters. The Balaban J connectivity index is 1.69. The first-order valence-corrected chi connectivity index (χ1v) is 7.82. The molecule has 0 aromatic carbocycles. The van der Waals surface area contributed by atoms with E-state index in [2.05, 4.69) is 19.9 Å². The van der Waals surface area contributed by atoms with Crippen LogP contribution >= 0.6 is 0 Å². The third-order valence-electron chi connectivity index (χ3n) is 4.42. The Morgan fingerprint density at radius 3 is 2.65 bits per heavy atom. The number of nitro groups is 1. The maximum atomic E-state index is 11.5. The summed E-state index contributed by atoms with van der Waals surface area (Å²) in [6, 6.07) is 2.13. The molecule has 8 heteroatoms. The summed E-state index contributed by atoms with van der Waals surface area (Å²) in [4.78, 5) is 28.7. The molecular weight excluding hydrogens is 300 g/mol. The lowest BCUT2D eigenvalue weighted by molar-refractivity contribution is -0.384. The second kappa shape index (κ2) is 6.49. The van der Waals surface area contributed by atoms with Crippen molar-refractivity contribution in [3.05, 3.63) is 27.9 Å². The van der Waals surface area contributed by atoms with E-state index in [4.69, 9.17) is 0 Å². The minimum atomic E-state index is -0.634. The molecule has 124 valence electrons. The van der Waals surface area contributed by atoms with Crippen molar-refractivity contribution in [3.63, 3.8) is 0 Å². The molecule has 1 N–H and O–H groups in total. The predicted octanol–water partition coefficient (Wildman–Crippen LogP) is 1.82. The lowest BCUT2D eigenvalue weighted by atomic mass is 10.0. The number of hydrogen-bond acceptors (Lipinski definition) is 7. The highest BCUT2D eigenvalue weighted by Gasteiger charge is 2.32. The molecule has 23 heavy (non-hydrogen) atoms. The van der Waals surface area contributed by atoms with Gasteiger partial charge in [0.2, 0.25) is 5.82 Å². The maximum Gasteiger partial charge on any atom is 0.339 e. The number of hydrogen-bond donors (Lipinski definition) is 1. The van der Waals surface area contributed by atoms with Gasteiger partial charge in [-0.1, -0.05) is 0 Å². The minimum absolute atomic E-state index is 0.0771. The number of carbonyl (C=O) groups excluding carboxylic acids is 1. The molecule has 0 spiro atoms. The number of pyridine rings is 1. The predicted molar refractivity (Wildman–Crippen MR) is 83.5 cm³/mol. The van der Waals surface area contributed by atoms with E-state index in [1.54, 1.807) is 0 Å². The van der Waals surface area contributed by atoms with Gasteiger partial charge >= 0.3 is 11.7 Å². The molecule has 1 aromatic rings. The summed E-state index contributed by atoms with van der Waals surface area (Å²) in [6.07, 6.45) is 5.77. The highest BCUT2D eigenvalue weighted by Crippen LogP contribution is 2.31. The second-order valence-electron chi connectivity index (χ2n) is 6.03. The third kappa shape index (κ3) is 3.58. The van der Waals surface area contributed by atoms with E-state index in [9.17, 15) is 14.9 Å². The zero-order valence-electron chi connectivity index (χ0n) is 13.0. The maximum absolute atomic E-state index is 11.5. The Morgan fingerprint density at radius 1 is 1.39 bits per heavy atom. The van der Waals surface area contributed by atoms with Crippen molar-refractivity contribution in [2.75, 3.05) is 25.5 Å². The number of rotatable bonds is 5. The third-order valence-corrected chi connectivity index (χ3v) is 4.42. The van der Waals surface area contributed by atoms with E-state index in [1.165, 1.54) is 32.2 Å². The first-order chi connectivity index (χ1) is 11.1. The Labute approximate surface area is 134 Å². The summed E-state index contributed by atoms with van der Waals surface area (Å²) in [5.41, 5.74) is -0.120. The van der Waals surface area contributed by atoms with Crippen LogP contribution in [0.25, 0.3) is 0 Å². The van der Waals surface area contributed by atoms with E-state index in [0.29, 0.717) is 0 Å². The number of esters is 1. The van der Waals surface area contributed by atoms with Crippen molar-refractivity contribution in [1.29, 1.82) is 0 Å². The number of piperidine rings is 1. The number of nitrogens with one attached hydrogen (secondary N) is 1. The van der Waals surface area contributed by atoms with Crippen molar-refractivity contribution in [2.24, 2.45) is 0 Å². The molecule has 0 amide bonds. The average molecular weight is 320 g/mol. The van der Waals surface area contributed by atoms with Crippen LogP contribution in [-0.4, -0.2) is 53.1 Å². The van der Waals surface area contributed by atoms with Crippen LogP contribution in [0.3, 0.4) is 0 Å². The Hall–Kier alpha value is -2.22. The summed E-state index contributed by atoms with van der Waals surface area (Å²) in [6.45, 7) is 2.02. The summed E-state index contributed by atoms with van der Waals surface area (Å²) in [5.74, 6) is -0.419. The van der Waals surface area contributed by atoms with Crippen LogP contribution in [0.5, 0.6) is 0 Å². The van der Waals surface area contributed by atoms with Crippen molar-refractivity contribution < 1.29 is 14.5 Å². The van der Waals surface area contributed by atoms with Gasteiger partial charge in [-0.15, -0.1) is 0 Å². The monoisotopic (exact) mass is 320 g/mol. The van der Waals surface area contributed by atoms with Crippen LogP contribution in [-0.2, 0) is 4.74 Å². The Kier molecular flexibility index (Phi) is 4.42. The fraction of sp³-hybridized carbons (Fsp3) is 0.600. The van der Waals surface area contributed by atoms with Crippen LogP contribution < -0.4 is 5.32 Å². The van der Waals surface area contributed by atoms with Crippen LogP contribution in [0.2, 0.25) is 0 Å². The first kappa shape index (κ1) is 15.7. The van der Waals surface area contributed by atoms with E-state index in [0.717, 1.165) is 32.0 Å². The number of methoxy groups -OCH3 is 1. The van der Waals surface area contributed by atoms with Gasteiger partial charge in [0.1, 0.15) is 0 Å². The SMILES string of the molecule is COC(=O)c1cnc(NC2CCN(C3CC3)CC2)c([N+](=O)[O-])c1. The standard InChI is InChI=1S/C15H20N4O4/c1-23-15(20)10-8-13(19(21)22)14(16-9-10)17-11-4-6-18(7-5-11)12-2-3-12/h8-9,11-12H,2-7H2,1H3,(H,16,17). The highest BCUT2D eigenvalue weighted by atomic mass is 16.6. The summed E-state index contributed by atoms with van der Waals surface area (Å²) < 4.78 is 4.57. The summed E-state index contributed by atoms with van der Waals surface area (Å²) >= 11 is 0. The molecule has 1 aliphatic carbocycles. The number of carbonyl (C=O) groups is 1. The molecular formula is C15H20N4O4. The van der Waals surface area contributed by atoms with E-state index < -0.39 is 10.9 Å². The van der Waals surface area contributed by atoms with E-state index in [1.807, 2.05) is 0 Å². The lowest BCUT2D eigenvalue weighted by Gasteiger charge is -2.32. The van der Waals surface area contributed by atoms with Crippen LogP contribution in [0, 0.1) is 10.1 Å². The number of ether oxygens (including phenoxy) is 1. The van der Waals surface area contributed by atoms with Gasteiger partial charge in [-0.05, 0) is 25.7 Å². The van der Waals surface area contributed by atoms with E-state index in [-0.39, 0.29) is 23.1 Å². The van der Waals surface area contributed by atoms with Crippen molar-refractivity contribution in [1.82, 2.24) is 9.88 Å². The smallest absolute Gasteiger partial charge is 0.339 e. The zero-order chi connectivity index (χ0) is 16.4. The summed E-state index contributed by atoms with van der Waals surface area (Å²) in [5, 5.41) is 14.4. The second-order valence-corrected chi connectivity index (χ2v) is 6.03. The molecule has 8 nitrogen and oxygen atoms in total. The van der Waals surface area contributed by atoms with Gasteiger partial charge in [-0.25, -0.2) is 9.78 Å². The van der Waals surface area contributed by atoms with Crippen molar-refractivity contribution >= 4 is 17.5 Å². The number of nitrogens with zero attached hydrogens (tertiary/aromatic N) is 3. The molecule has 2 aliphatic rings. The van der Waals surface area contributed by atoms with Crippen LogP contribution in [0.4, 0.5) is 11.5 Å². The molecule has 3 rings (SSSR count). The zero-order valence-corrected chi connectivity index (χ0v) is 13.0. The number of likely N-dealkylation sites (tertiary alicyclic amines) is 1. The summed E-state index contributed by atoms with van der Waals surface area (Å²) in [7, 11) is 1.23. The fourth-order valence-corrected chi connectivity index (χ4v) is 2.97. The highest BCUT2D eigenvalue weighted by molar-refractivity contribution is 5.90. The molecule has 1 saturated carbocycles. The number of anilines is 1. The van der Waals surface area contributed by atoms with Crippen molar-refractivity contribution in [2.45, 2.75) is 37.8 Å². The molecule has 1 saturated heterocycles. The fourth-order valence-electron chi connectivity index (χ4n) is 2.97. The molecule has 1 aliphatic heterocycles. The van der Waals surface area contributed by atoms with Gasteiger partial charge in [0, 0.05) is 37.4 Å². The molecule has 2 fully saturated rings. The van der Waals surface area contributed by atoms with Crippen LogP contribution in [0.15, 0.2) is 12.3 Å². The average Bonchev–Trinajstić information content (AvgIpc) is 3.40. The first-order valence-electron chi connectivity index (χ1n) is 7.82. The van der Waals surface area contributed by atoms with Gasteiger partial charge < -0.3 is 15.0 Å². The van der Waals surface area contributed by atoms with E-state index >= 15 is 0 Å². The Morgan fingerprint density at radius 2 is 2.09 bits per heavy atom. The van der Waals surface area contributed by atoms with Crippen LogP contribution in [0.1, 0.15) is 36.0 Å². The molecule has 2 heterocycles. The largest absolute Gasteiger partial charge is 0.465 e. The van der Waals surface area contributed by atoms with Gasteiger partial charge in [-0.2, -0.15) is 0 Å². The van der Waals surface area contributed by atoms with Gasteiger partial charge in [0.05, 0.1) is 17.6 Å². The molecule has 0 radical (unpaired) electrons. The quantitative estimate of drug-likeness (QED) is 0.502. The normalized spacial score (nSPS) is 19.3. The van der Waals surface area contributed by atoms with Gasteiger partial charge in [0.15, 0.2) is 0 Å². The Bertz CT molecular complexity index is 609. The number of aromatic nitrogens is 1. The van der Waals surface area contributed by atoms with Gasteiger partial charge in [-0.3, -0.25) is 10.1 Å². The molecule has 0 bridgehead atoms. The molecule has 0 atom stereocenters. The van der Waals surface area contributed by atoms with Crippen molar-refractivity contribution in [3.8, 4) is 0 Å². The minimum Gasteiger partial charge on any atom is -0.465 e. The molecule has 1 aromatic heterocycles. The topological polar surface area (TPSA) is 97.6 Å².